The molecule has 15 heavy (non-hydrogen) atoms. The van der Waals surface area contributed by atoms with Crippen LogP contribution < -0.4 is 5.73 Å². The van der Waals surface area contributed by atoms with Crippen LogP contribution in [-0.2, 0) is 4.79 Å². The van der Waals surface area contributed by atoms with Gasteiger partial charge in [0.2, 0.25) is 5.91 Å². The van der Waals surface area contributed by atoms with Crippen molar-refractivity contribution in [2.75, 3.05) is 7.05 Å². The van der Waals surface area contributed by atoms with E-state index in [1.165, 1.54) is 12.8 Å². The molecule has 1 aliphatic carbocycles. The van der Waals surface area contributed by atoms with Crippen LogP contribution in [0.4, 0.5) is 0 Å². The van der Waals surface area contributed by atoms with Gasteiger partial charge in [-0.25, -0.2) is 0 Å². The SMILES string of the molecule is CCC(C)C(N)C(=O)N(C)C1CCCC1. The van der Waals surface area contributed by atoms with Gasteiger partial charge in [-0.15, -0.1) is 0 Å². The molecule has 2 atom stereocenters. The van der Waals surface area contributed by atoms with Crippen molar-refractivity contribution in [2.45, 2.75) is 58.0 Å². The third kappa shape index (κ3) is 2.94. The van der Waals surface area contributed by atoms with Crippen molar-refractivity contribution in [3.05, 3.63) is 0 Å². The highest BCUT2D eigenvalue weighted by atomic mass is 16.2. The van der Waals surface area contributed by atoms with E-state index in [4.69, 9.17) is 5.73 Å². The average Bonchev–Trinajstić information content (AvgIpc) is 2.78. The van der Waals surface area contributed by atoms with Crippen LogP contribution in [0.3, 0.4) is 0 Å². The van der Waals surface area contributed by atoms with E-state index < -0.39 is 0 Å². The van der Waals surface area contributed by atoms with Gasteiger partial charge in [0, 0.05) is 13.1 Å². The topological polar surface area (TPSA) is 46.3 Å². The van der Waals surface area contributed by atoms with Crippen LogP contribution in [0.5, 0.6) is 0 Å². The maximum absolute atomic E-state index is 12.0. The zero-order chi connectivity index (χ0) is 11.4. The van der Waals surface area contributed by atoms with E-state index in [9.17, 15) is 4.79 Å². The van der Waals surface area contributed by atoms with Gasteiger partial charge in [-0.3, -0.25) is 4.79 Å². The molecular weight excluding hydrogens is 188 g/mol. The number of rotatable bonds is 4. The van der Waals surface area contributed by atoms with Crippen molar-refractivity contribution in [1.29, 1.82) is 0 Å². The van der Waals surface area contributed by atoms with Gasteiger partial charge in [0.05, 0.1) is 6.04 Å². The first-order valence-corrected chi connectivity index (χ1v) is 6.10. The van der Waals surface area contributed by atoms with E-state index in [2.05, 4.69) is 6.92 Å². The minimum atomic E-state index is -0.319. The molecule has 1 amide bonds. The summed E-state index contributed by atoms with van der Waals surface area (Å²) in [5, 5.41) is 0. The predicted octanol–water partition coefficient (Wildman–Crippen LogP) is 1.76. The maximum atomic E-state index is 12.0. The monoisotopic (exact) mass is 212 g/mol. The zero-order valence-corrected chi connectivity index (χ0v) is 10.2. The fraction of sp³-hybridized carbons (Fsp3) is 0.917. The quantitative estimate of drug-likeness (QED) is 0.772. The molecule has 1 aliphatic rings. The van der Waals surface area contributed by atoms with Crippen LogP contribution in [0.1, 0.15) is 46.0 Å². The molecule has 3 heteroatoms. The lowest BCUT2D eigenvalue weighted by atomic mass is 9.98. The molecule has 1 saturated carbocycles. The summed E-state index contributed by atoms with van der Waals surface area (Å²) in [6, 6.07) is 0.119. The number of carbonyl (C=O) groups is 1. The summed E-state index contributed by atoms with van der Waals surface area (Å²) in [4.78, 5) is 13.9. The minimum absolute atomic E-state index is 0.122. The third-order valence-corrected chi connectivity index (χ3v) is 3.76. The molecule has 2 unspecified atom stereocenters. The second kappa shape index (κ2) is 5.50. The second-order valence-corrected chi connectivity index (χ2v) is 4.80. The smallest absolute Gasteiger partial charge is 0.239 e. The molecule has 0 aromatic rings. The molecule has 0 spiro atoms. The first-order chi connectivity index (χ1) is 7.07. The number of hydrogen-bond acceptors (Lipinski definition) is 2. The average molecular weight is 212 g/mol. The lowest BCUT2D eigenvalue weighted by Gasteiger charge is -2.29. The van der Waals surface area contributed by atoms with Gasteiger partial charge in [-0.1, -0.05) is 33.1 Å². The zero-order valence-electron chi connectivity index (χ0n) is 10.2. The highest BCUT2D eigenvalue weighted by molar-refractivity contribution is 5.82. The van der Waals surface area contributed by atoms with Crippen LogP contribution in [-0.4, -0.2) is 29.9 Å². The Morgan fingerprint density at radius 1 is 1.47 bits per heavy atom. The maximum Gasteiger partial charge on any atom is 0.239 e. The molecule has 1 rings (SSSR count). The van der Waals surface area contributed by atoms with E-state index in [0.29, 0.717) is 6.04 Å². The van der Waals surface area contributed by atoms with Crippen molar-refractivity contribution >= 4 is 5.91 Å². The number of carbonyl (C=O) groups excluding carboxylic acids is 1. The Kier molecular flexibility index (Phi) is 4.58. The predicted molar refractivity (Wildman–Crippen MR) is 62.5 cm³/mol. The number of nitrogens with zero attached hydrogens (tertiary/aromatic N) is 1. The summed E-state index contributed by atoms with van der Waals surface area (Å²) < 4.78 is 0. The summed E-state index contributed by atoms with van der Waals surface area (Å²) in [6.07, 6.45) is 5.76. The molecule has 0 aliphatic heterocycles. The summed E-state index contributed by atoms with van der Waals surface area (Å²) in [5.41, 5.74) is 5.95. The van der Waals surface area contributed by atoms with E-state index in [1.54, 1.807) is 0 Å². The molecule has 0 radical (unpaired) electrons. The Morgan fingerprint density at radius 3 is 2.47 bits per heavy atom. The second-order valence-electron chi connectivity index (χ2n) is 4.80. The molecule has 2 N–H and O–H groups in total. The van der Waals surface area contributed by atoms with Gasteiger partial charge < -0.3 is 10.6 Å². The Hall–Kier alpha value is -0.570. The van der Waals surface area contributed by atoms with Crippen LogP contribution in [0.25, 0.3) is 0 Å². The number of nitrogens with two attached hydrogens (primary N) is 1. The van der Waals surface area contributed by atoms with Gasteiger partial charge in [-0.05, 0) is 18.8 Å². The third-order valence-electron chi connectivity index (χ3n) is 3.76. The largest absolute Gasteiger partial charge is 0.341 e. The van der Waals surface area contributed by atoms with Crippen LogP contribution in [0, 0.1) is 5.92 Å². The standard InChI is InChI=1S/C12H24N2O/c1-4-9(2)11(13)12(15)14(3)10-7-5-6-8-10/h9-11H,4-8,13H2,1-3H3. The van der Waals surface area contributed by atoms with Crippen LogP contribution >= 0.6 is 0 Å². The Morgan fingerprint density at radius 2 is 2.00 bits per heavy atom. The first-order valence-electron chi connectivity index (χ1n) is 6.10. The lowest BCUT2D eigenvalue weighted by Crippen LogP contribution is -2.48. The van der Waals surface area contributed by atoms with Gasteiger partial charge in [0.25, 0.3) is 0 Å². The first kappa shape index (κ1) is 12.5. The van der Waals surface area contributed by atoms with Crippen molar-refractivity contribution in [1.82, 2.24) is 4.90 Å². The molecule has 0 heterocycles. The van der Waals surface area contributed by atoms with Gasteiger partial charge >= 0.3 is 0 Å². The molecular formula is C12H24N2O. The number of likely N-dealkylation sites (N-methyl/N-ethyl adjacent to an activating group) is 1. The minimum Gasteiger partial charge on any atom is -0.341 e. The molecule has 3 nitrogen and oxygen atoms in total. The van der Waals surface area contributed by atoms with Gasteiger partial charge in [0.1, 0.15) is 0 Å². The highest BCUT2D eigenvalue weighted by Crippen LogP contribution is 2.23. The molecule has 88 valence electrons. The molecule has 0 aromatic heterocycles. The Balaban J connectivity index is 2.50. The molecule has 0 aromatic carbocycles. The van der Waals surface area contributed by atoms with E-state index >= 15 is 0 Å². The van der Waals surface area contributed by atoms with Crippen LogP contribution in [0.15, 0.2) is 0 Å². The molecule has 0 bridgehead atoms. The lowest BCUT2D eigenvalue weighted by molar-refractivity contribution is -0.134. The van der Waals surface area contributed by atoms with Gasteiger partial charge in [-0.2, -0.15) is 0 Å². The van der Waals surface area contributed by atoms with Crippen molar-refractivity contribution in [3.63, 3.8) is 0 Å². The van der Waals surface area contributed by atoms with Gasteiger partial charge in [0.15, 0.2) is 0 Å². The normalized spacial score (nSPS) is 21.3. The van der Waals surface area contributed by atoms with Crippen molar-refractivity contribution in [3.8, 4) is 0 Å². The number of amides is 1. The number of hydrogen-bond donors (Lipinski definition) is 1. The highest BCUT2D eigenvalue weighted by Gasteiger charge is 2.28. The summed E-state index contributed by atoms with van der Waals surface area (Å²) in [7, 11) is 1.90. The Labute approximate surface area is 93.0 Å². The summed E-state index contributed by atoms with van der Waals surface area (Å²) in [6.45, 7) is 4.12. The fourth-order valence-electron chi connectivity index (χ4n) is 2.20. The van der Waals surface area contributed by atoms with E-state index in [1.807, 2.05) is 18.9 Å². The fourth-order valence-corrected chi connectivity index (χ4v) is 2.20. The summed E-state index contributed by atoms with van der Waals surface area (Å²) >= 11 is 0. The summed E-state index contributed by atoms with van der Waals surface area (Å²) in [5.74, 6) is 0.401. The molecule has 0 saturated heterocycles. The van der Waals surface area contributed by atoms with Crippen molar-refractivity contribution < 1.29 is 4.79 Å². The van der Waals surface area contributed by atoms with E-state index in [-0.39, 0.29) is 17.9 Å². The van der Waals surface area contributed by atoms with Crippen LogP contribution in [0.2, 0.25) is 0 Å². The molecule has 1 fully saturated rings. The van der Waals surface area contributed by atoms with E-state index in [0.717, 1.165) is 19.3 Å². The Bertz CT molecular complexity index is 212. The van der Waals surface area contributed by atoms with Crippen molar-refractivity contribution in [2.24, 2.45) is 11.7 Å².